The Labute approximate surface area is 305 Å². The van der Waals surface area contributed by atoms with Crippen LogP contribution in [0.5, 0.6) is 0 Å². The first-order valence-corrected chi connectivity index (χ1v) is 18.0. The first-order valence-electron chi connectivity index (χ1n) is 18.0. The maximum atomic E-state index is 5.34. The molecule has 0 radical (unpaired) electrons. The van der Waals surface area contributed by atoms with Gasteiger partial charge in [0.05, 0.1) is 16.7 Å². The van der Waals surface area contributed by atoms with Crippen molar-refractivity contribution in [3.05, 3.63) is 182 Å². The smallest absolute Gasteiger partial charge is 0.166 e. The topological polar surface area (TPSA) is 43.6 Å². The highest BCUT2D eigenvalue weighted by atomic mass is 15.1. The van der Waals surface area contributed by atoms with E-state index in [1.165, 1.54) is 43.1 Å². The molecule has 11 aromatic rings. The van der Waals surface area contributed by atoms with Gasteiger partial charge >= 0.3 is 0 Å². The van der Waals surface area contributed by atoms with Gasteiger partial charge in [-0.25, -0.2) is 15.0 Å². The van der Waals surface area contributed by atoms with Crippen LogP contribution in [0.4, 0.5) is 0 Å². The fourth-order valence-electron chi connectivity index (χ4n) is 8.14. The van der Waals surface area contributed by atoms with E-state index in [2.05, 4.69) is 168 Å². The Morgan fingerprint density at radius 1 is 0.302 bits per heavy atom. The number of fused-ring (bicyclic) bond motifs is 9. The summed E-state index contributed by atoms with van der Waals surface area (Å²) in [6.07, 6.45) is 0. The average Bonchev–Trinajstić information content (AvgIpc) is 3.57. The predicted octanol–water partition coefficient (Wildman–Crippen LogP) is 12.6. The first-order chi connectivity index (χ1) is 26.3. The van der Waals surface area contributed by atoms with E-state index < -0.39 is 0 Å². The molecule has 53 heavy (non-hydrogen) atoms. The first kappa shape index (κ1) is 29.5. The van der Waals surface area contributed by atoms with Gasteiger partial charge in [0.1, 0.15) is 0 Å². The summed E-state index contributed by atoms with van der Waals surface area (Å²) in [5, 5.41) is 12.0. The van der Waals surface area contributed by atoms with Crippen molar-refractivity contribution in [3.8, 4) is 39.9 Å². The molecular formula is C49H30N4. The minimum atomic E-state index is 0.625. The average molecular weight is 675 g/mol. The van der Waals surface area contributed by atoms with Gasteiger partial charge in [-0.3, -0.25) is 0 Å². The van der Waals surface area contributed by atoms with Crippen LogP contribution in [0, 0.1) is 0 Å². The summed E-state index contributed by atoms with van der Waals surface area (Å²) in [6.45, 7) is 0. The number of rotatable bonds is 4. The van der Waals surface area contributed by atoms with Gasteiger partial charge in [0.15, 0.2) is 17.5 Å². The molecule has 4 nitrogen and oxygen atoms in total. The SMILES string of the molecule is c1ccc(-c2nc(-c3ccc4ccc5c6ccccc6ccc5c4c3)nc(-c3ccc4ccccc4c3-n3c4ccccc4c4ccccc43)n2)cc1. The Hall–Kier alpha value is -7.17. The Kier molecular flexibility index (Phi) is 6.52. The standard InChI is InChI=1S/C49H30N4/c1-2-14-34(15-3-1)47-50-48(35-23-22-33-25-27-38-36-16-6-4-12-31(36)24-28-39(38)43(33)30-35)52-49(51-47)42-29-26-32-13-5-7-17-37(32)46(42)53-44-20-10-8-18-40(44)41-19-9-11-21-45(41)53/h1-30H. The molecule has 9 aromatic carbocycles. The zero-order valence-corrected chi connectivity index (χ0v) is 28.6. The van der Waals surface area contributed by atoms with E-state index in [0.29, 0.717) is 17.5 Å². The van der Waals surface area contributed by atoms with E-state index in [9.17, 15) is 0 Å². The van der Waals surface area contributed by atoms with Crippen molar-refractivity contribution < 1.29 is 0 Å². The number of aromatic nitrogens is 4. The molecule has 2 aromatic heterocycles. The van der Waals surface area contributed by atoms with Crippen LogP contribution in [0.2, 0.25) is 0 Å². The Bertz CT molecular complexity index is 3180. The molecule has 0 fully saturated rings. The Balaban J connectivity index is 1.21. The lowest BCUT2D eigenvalue weighted by molar-refractivity contribution is 1.07. The van der Waals surface area contributed by atoms with Crippen molar-refractivity contribution in [1.29, 1.82) is 0 Å². The van der Waals surface area contributed by atoms with E-state index in [1.807, 2.05) is 18.2 Å². The summed E-state index contributed by atoms with van der Waals surface area (Å²) < 4.78 is 2.39. The molecule has 0 saturated carbocycles. The molecule has 0 N–H and O–H groups in total. The molecule has 0 spiro atoms. The molecule has 246 valence electrons. The van der Waals surface area contributed by atoms with E-state index >= 15 is 0 Å². The summed E-state index contributed by atoms with van der Waals surface area (Å²) in [7, 11) is 0. The minimum Gasteiger partial charge on any atom is -0.308 e. The number of hydrogen-bond acceptors (Lipinski definition) is 3. The van der Waals surface area contributed by atoms with Crippen LogP contribution in [0.15, 0.2) is 182 Å². The van der Waals surface area contributed by atoms with Crippen molar-refractivity contribution in [3.63, 3.8) is 0 Å². The molecule has 0 aliphatic carbocycles. The second-order valence-electron chi connectivity index (χ2n) is 13.6. The normalized spacial score (nSPS) is 11.8. The molecule has 0 amide bonds. The number of nitrogens with zero attached hydrogens (tertiary/aromatic N) is 4. The molecule has 0 atom stereocenters. The minimum absolute atomic E-state index is 0.625. The molecule has 0 bridgehead atoms. The van der Waals surface area contributed by atoms with Crippen molar-refractivity contribution in [2.75, 3.05) is 0 Å². The van der Waals surface area contributed by atoms with Crippen LogP contribution >= 0.6 is 0 Å². The second kappa shape index (κ2) is 11.7. The van der Waals surface area contributed by atoms with Crippen molar-refractivity contribution in [2.24, 2.45) is 0 Å². The fourth-order valence-corrected chi connectivity index (χ4v) is 8.14. The van der Waals surface area contributed by atoms with Crippen LogP contribution in [0.3, 0.4) is 0 Å². The lowest BCUT2D eigenvalue weighted by atomic mass is 9.96. The van der Waals surface area contributed by atoms with Crippen LogP contribution in [0.25, 0.3) is 105 Å². The Morgan fingerprint density at radius 3 is 1.51 bits per heavy atom. The molecule has 0 aliphatic heterocycles. The van der Waals surface area contributed by atoms with E-state index in [1.54, 1.807) is 0 Å². The zero-order chi connectivity index (χ0) is 34.9. The highest BCUT2D eigenvalue weighted by molar-refractivity contribution is 6.18. The van der Waals surface area contributed by atoms with Crippen LogP contribution in [-0.4, -0.2) is 19.5 Å². The predicted molar refractivity (Wildman–Crippen MR) is 220 cm³/mol. The third kappa shape index (κ3) is 4.66. The highest BCUT2D eigenvalue weighted by Gasteiger charge is 2.21. The molecule has 11 rings (SSSR count). The lowest BCUT2D eigenvalue weighted by Crippen LogP contribution is -2.04. The quantitative estimate of drug-likeness (QED) is 0.175. The third-order valence-electron chi connectivity index (χ3n) is 10.6. The van der Waals surface area contributed by atoms with Crippen LogP contribution < -0.4 is 0 Å². The van der Waals surface area contributed by atoms with Gasteiger partial charge in [0.2, 0.25) is 0 Å². The summed E-state index contributed by atoms with van der Waals surface area (Å²) >= 11 is 0. The van der Waals surface area contributed by atoms with E-state index in [-0.39, 0.29) is 0 Å². The van der Waals surface area contributed by atoms with Crippen molar-refractivity contribution >= 4 is 64.9 Å². The van der Waals surface area contributed by atoms with Gasteiger partial charge < -0.3 is 4.57 Å². The lowest BCUT2D eigenvalue weighted by Gasteiger charge is -2.17. The van der Waals surface area contributed by atoms with E-state index in [0.717, 1.165) is 44.2 Å². The number of benzene rings is 9. The maximum Gasteiger partial charge on any atom is 0.166 e. The van der Waals surface area contributed by atoms with Gasteiger partial charge in [-0.15, -0.1) is 0 Å². The summed E-state index contributed by atoms with van der Waals surface area (Å²) in [5.74, 6) is 1.89. The highest BCUT2D eigenvalue weighted by Crippen LogP contribution is 2.40. The monoisotopic (exact) mass is 674 g/mol. The molecule has 0 unspecified atom stereocenters. The van der Waals surface area contributed by atoms with Gasteiger partial charge in [-0.05, 0) is 62.0 Å². The summed E-state index contributed by atoms with van der Waals surface area (Å²) in [6, 6.07) is 64.5. The number of hydrogen-bond donors (Lipinski definition) is 0. The van der Waals surface area contributed by atoms with Gasteiger partial charge in [-0.2, -0.15) is 0 Å². The Morgan fingerprint density at radius 2 is 0.792 bits per heavy atom. The second-order valence-corrected chi connectivity index (χ2v) is 13.6. The van der Waals surface area contributed by atoms with Crippen molar-refractivity contribution in [1.82, 2.24) is 19.5 Å². The molecular weight excluding hydrogens is 645 g/mol. The molecule has 4 heteroatoms. The van der Waals surface area contributed by atoms with Gasteiger partial charge in [0, 0.05) is 32.8 Å². The van der Waals surface area contributed by atoms with E-state index in [4.69, 9.17) is 15.0 Å². The van der Waals surface area contributed by atoms with Crippen LogP contribution in [0.1, 0.15) is 0 Å². The molecule has 0 saturated heterocycles. The van der Waals surface area contributed by atoms with Gasteiger partial charge in [-0.1, -0.05) is 158 Å². The summed E-state index contributed by atoms with van der Waals surface area (Å²) in [4.78, 5) is 15.7. The molecule has 0 aliphatic rings. The van der Waals surface area contributed by atoms with Crippen LogP contribution in [-0.2, 0) is 0 Å². The fraction of sp³-hybridized carbons (Fsp3) is 0. The largest absolute Gasteiger partial charge is 0.308 e. The molecule has 2 heterocycles. The van der Waals surface area contributed by atoms with Gasteiger partial charge in [0.25, 0.3) is 0 Å². The van der Waals surface area contributed by atoms with Crippen molar-refractivity contribution in [2.45, 2.75) is 0 Å². The zero-order valence-electron chi connectivity index (χ0n) is 28.6. The maximum absolute atomic E-state index is 5.34. The summed E-state index contributed by atoms with van der Waals surface area (Å²) in [5.41, 5.74) is 6.14. The number of para-hydroxylation sites is 2. The third-order valence-corrected chi connectivity index (χ3v) is 10.6.